The minimum Gasteiger partial charge on any atom is -0.462 e. The number of ether oxygens (including phenoxy) is 5. The van der Waals surface area contributed by atoms with Crippen molar-refractivity contribution in [3.8, 4) is 0 Å². The highest BCUT2D eigenvalue weighted by atomic mass is 16.6. The molecule has 13 nitrogen and oxygen atoms in total. The molecule has 0 unspecified atom stereocenters. The first-order valence-corrected chi connectivity index (χ1v) is 20.5. The minimum atomic E-state index is -1.14. The van der Waals surface area contributed by atoms with Crippen LogP contribution in [0.25, 0.3) is 0 Å². The number of allylic oxidation sites excluding steroid dienone is 2. The topological polar surface area (TPSA) is 192 Å². The Balaban J connectivity index is 3.43. The van der Waals surface area contributed by atoms with Gasteiger partial charge in [-0.05, 0) is 78.1 Å². The lowest BCUT2D eigenvalue weighted by atomic mass is 9.87. The molecular formula is C43H72O13. The number of esters is 5. The van der Waals surface area contributed by atoms with Gasteiger partial charge in [-0.2, -0.15) is 0 Å². The van der Waals surface area contributed by atoms with Crippen LogP contribution >= 0.6 is 0 Å². The van der Waals surface area contributed by atoms with E-state index < -0.39 is 84.4 Å². The first kappa shape index (κ1) is 50.7. The SMILES string of the molecule is CCC[C@H](C/C(C)=C/[C@@H](O)[C@@H](C)[C@@H]1C[C@H](O)CCC/C=C(/C)CC[C@H](OC(C)=O)C[C@H](OC(C)=O)C[C@@H](OC(C)=O)CC[C@@H](C)[C@H](O)[C@H](C)C(=O)O1)OC(C)=O. The maximum Gasteiger partial charge on any atom is 0.311 e. The van der Waals surface area contributed by atoms with E-state index in [0.29, 0.717) is 51.4 Å². The van der Waals surface area contributed by atoms with E-state index in [1.165, 1.54) is 27.7 Å². The van der Waals surface area contributed by atoms with E-state index in [1.54, 1.807) is 26.8 Å². The maximum atomic E-state index is 13.6. The van der Waals surface area contributed by atoms with Crippen LogP contribution in [-0.2, 0) is 47.7 Å². The van der Waals surface area contributed by atoms with Gasteiger partial charge in [0, 0.05) is 59.3 Å². The Bertz CT molecular complexity index is 1290. The Morgan fingerprint density at radius 1 is 0.857 bits per heavy atom. The molecule has 0 saturated heterocycles. The molecule has 11 atom stereocenters. The highest BCUT2D eigenvalue weighted by molar-refractivity contribution is 5.73. The molecule has 0 aromatic heterocycles. The number of carbonyl (C=O) groups excluding carboxylic acids is 5. The molecule has 56 heavy (non-hydrogen) atoms. The van der Waals surface area contributed by atoms with Crippen LogP contribution in [0.3, 0.4) is 0 Å². The van der Waals surface area contributed by atoms with Crippen molar-refractivity contribution in [2.24, 2.45) is 17.8 Å². The van der Waals surface area contributed by atoms with Crippen molar-refractivity contribution in [1.82, 2.24) is 0 Å². The molecule has 0 bridgehead atoms. The Kier molecular flexibility index (Phi) is 24.1. The van der Waals surface area contributed by atoms with E-state index in [1.807, 2.05) is 20.8 Å². The van der Waals surface area contributed by atoms with E-state index in [4.69, 9.17) is 23.7 Å². The molecule has 0 amide bonds. The zero-order valence-electron chi connectivity index (χ0n) is 35.6. The summed E-state index contributed by atoms with van der Waals surface area (Å²) >= 11 is 0. The molecule has 0 aromatic carbocycles. The second kappa shape index (κ2) is 26.6. The van der Waals surface area contributed by atoms with Crippen LogP contribution in [-0.4, -0.2) is 94.0 Å². The van der Waals surface area contributed by atoms with E-state index in [2.05, 4.69) is 6.08 Å². The number of aliphatic hydroxyl groups is 3. The van der Waals surface area contributed by atoms with E-state index in [9.17, 15) is 39.3 Å². The Morgan fingerprint density at radius 2 is 1.43 bits per heavy atom. The van der Waals surface area contributed by atoms with Gasteiger partial charge in [0.05, 0.1) is 24.2 Å². The molecule has 1 heterocycles. The molecular weight excluding hydrogens is 724 g/mol. The lowest BCUT2D eigenvalue weighted by molar-refractivity contribution is -0.164. The van der Waals surface area contributed by atoms with Crippen molar-refractivity contribution >= 4 is 29.8 Å². The normalized spacial score (nSPS) is 29.7. The average Bonchev–Trinajstić information content (AvgIpc) is 3.08. The van der Waals surface area contributed by atoms with Crippen LogP contribution in [0.1, 0.15) is 153 Å². The average molecular weight is 797 g/mol. The van der Waals surface area contributed by atoms with Gasteiger partial charge < -0.3 is 39.0 Å². The van der Waals surface area contributed by atoms with Gasteiger partial charge in [-0.1, -0.05) is 50.5 Å². The van der Waals surface area contributed by atoms with Crippen molar-refractivity contribution in [2.45, 2.75) is 202 Å². The molecule has 1 aliphatic heterocycles. The van der Waals surface area contributed by atoms with Crippen LogP contribution in [0.15, 0.2) is 23.3 Å². The van der Waals surface area contributed by atoms with Crippen LogP contribution in [0.5, 0.6) is 0 Å². The summed E-state index contributed by atoms with van der Waals surface area (Å²) in [6.07, 6.45) is 3.27. The molecule has 3 N–H and O–H groups in total. The molecule has 0 spiro atoms. The summed E-state index contributed by atoms with van der Waals surface area (Å²) in [4.78, 5) is 61.5. The zero-order chi connectivity index (χ0) is 42.5. The van der Waals surface area contributed by atoms with Crippen LogP contribution in [0, 0.1) is 17.8 Å². The number of aliphatic hydroxyl groups excluding tert-OH is 3. The number of rotatable bonds is 11. The van der Waals surface area contributed by atoms with Gasteiger partial charge in [0.15, 0.2) is 0 Å². The fourth-order valence-corrected chi connectivity index (χ4v) is 7.24. The summed E-state index contributed by atoms with van der Waals surface area (Å²) in [7, 11) is 0. The molecule has 1 rings (SSSR count). The van der Waals surface area contributed by atoms with Gasteiger partial charge in [0.1, 0.15) is 30.5 Å². The highest BCUT2D eigenvalue weighted by Crippen LogP contribution is 2.28. The standard InChI is InChI=1S/C43H72O13/c1-11-14-36(52-31(7)44)21-27(3)22-40(49)29(5)41-23-35(48)16-13-12-15-26(2)17-19-37(53-32(8)45)24-39(55-34(10)47)25-38(54-33(9)46)20-18-28(4)42(50)30(6)43(51)56-41/h15,22,28-30,35-42,48-50H,11-14,16-21,23-25H2,1-10H3/b26-15-,27-22+/t28-,29-,30+,35-,36-,37+,38+,39+,40-,41+,42+/m1/s1. The third-order valence-corrected chi connectivity index (χ3v) is 10.4. The summed E-state index contributed by atoms with van der Waals surface area (Å²) in [6.45, 7) is 16.1. The predicted molar refractivity (Wildman–Crippen MR) is 211 cm³/mol. The monoisotopic (exact) mass is 796 g/mol. The highest BCUT2D eigenvalue weighted by Gasteiger charge is 2.35. The largest absolute Gasteiger partial charge is 0.462 e. The molecule has 0 radical (unpaired) electrons. The second-order valence-corrected chi connectivity index (χ2v) is 16.0. The van der Waals surface area contributed by atoms with Crippen molar-refractivity contribution in [2.75, 3.05) is 0 Å². The fourth-order valence-electron chi connectivity index (χ4n) is 7.24. The van der Waals surface area contributed by atoms with Crippen molar-refractivity contribution in [3.63, 3.8) is 0 Å². The van der Waals surface area contributed by atoms with Crippen LogP contribution < -0.4 is 0 Å². The molecule has 0 fully saturated rings. The van der Waals surface area contributed by atoms with Crippen LogP contribution in [0.4, 0.5) is 0 Å². The molecule has 13 heteroatoms. The third kappa shape index (κ3) is 21.3. The molecule has 0 saturated carbocycles. The molecule has 0 aromatic rings. The number of cyclic esters (lactones) is 1. The van der Waals surface area contributed by atoms with E-state index >= 15 is 0 Å². The summed E-state index contributed by atoms with van der Waals surface area (Å²) in [5.41, 5.74) is 1.86. The van der Waals surface area contributed by atoms with Crippen molar-refractivity contribution in [3.05, 3.63) is 23.3 Å². The summed E-state index contributed by atoms with van der Waals surface area (Å²) in [5.74, 6) is -4.62. The first-order chi connectivity index (χ1) is 26.2. The number of hydrogen-bond acceptors (Lipinski definition) is 13. The number of hydrogen-bond donors (Lipinski definition) is 3. The first-order valence-electron chi connectivity index (χ1n) is 20.5. The van der Waals surface area contributed by atoms with Crippen LogP contribution in [0.2, 0.25) is 0 Å². The lowest BCUT2D eigenvalue weighted by Crippen LogP contribution is -2.40. The van der Waals surface area contributed by atoms with Gasteiger partial charge in [0.2, 0.25) is 0 Å². The second-order valence-electron chi connectivity index (χ2n) is 16.0. The summed E-state index contributed by atoms with van der Waals surface area (Å²) in [6, 6.07) is 0. The minimum absolute atomic E-state index is 0.0709. The van der Waals surface area contributed by atoms with E-state index in [-0.39, 0.29) is 37.8 Å². The van der Waals surface area contributed by atoms with Crippen molar-refractivity contribution < 1.29 is 63.0 Å². The smallest absolute Gasteiger partial charge is 0.311 e. The van der Waals surface area contributed by atoms with Gasteiger partial charge in [-0.15, -0.1) is 0 Å². The Hall–Kier alpha value is -3.29. The molecule has 322 valence electrons. The zero-order valence-corrected chi connectivity index (χ0v) is 35.6. The predicted octanol–water partition coefficient (Wildman–Crippen LogP) is 6.61. The third-order valence-electron chi connectivity index (χ3n) is 10.4. The quantitative estimate of drug-likeness (QED) is 0.115. The molecule has 0 aliphatic carbocycles. The Labute approximate surface area is 334 Å². The van der Waals surface area contributed by atoms with Gasteiger partial charge in [-0.25, -0.2) is 0 Å². The number of carbonyl (C=O) groups is 5. The van der Waals surface area contributed by atoms with Gasteiger partial charge >= 0.3 is 29.8 Å². The van der Waals surface area contributed by atoms with Gasteiger partial charge in [-0.3, -0.25) is 24.0 Å². The molecule has 1 aliphatic rings. The summed E-state index contributed by atoms with van der Waals surface area (Å²) in [5, 5.41) is 33.8. The summed E-state index contributed by atoms with van der Waals surface area (Å²) < 4.78 is 28.3. The maximum absolute atomic E-state index is 13.6. The lowest BCUT2D eigenvalue weighted by Gasteiger charge is -2.32. The fraction of sp³-hybridized carbons (Fsp3) is 0.791. The van der Waals surface area contributed by atoms with Crippen molar-refractivity contribution in [1.29, 1.82) is 0 Å². The Morgan fingerprint density at radius 3 is 1.98 bits per heavy atom. The van der Waals surface area contributed by atoms with E-state index in [0.717, 1.165) is 17.6 Å². The van der Waals surface area contributed by atoms with Gasteiger partial charge in [0.25, 0.3) is 0 Å².